The molecule has 1 unspecified atom stereocenters. The Bertz CT molecular complexity index is 84.5. The van der Waals surface area contributed by atoms with Gasteiger partial charge in [-0.15, -0.1) is 12.6 Å². The van der Waals surface area contributed by atoms with Crippen molar-refractivity contribution in [3.05, 3.63) is 0 Å². The molecule has 0 aromatic heterocycles. The van der Waals surface area contributed by atoms with Gasteiger partial charge in [0.25, 0.3) is 0 Å². The first kappa shape index (κ1) is 7.98. The van der Waals surface area contributed by atoms with E-state index in [9.17, 15) is 4.79 Å². The SMILES string of the molecule is CCNC(C)C(=O)S. The predicted octanol–water partition coefficient (Wildman–Crippen LogP) is 0.441. The fourth-order valence-electron chi connectivity index (χ4n) is 0.393. The average molecular weight is 133 g/mol. The van der Waals surface area contributed by atoms with E-state index >= 15 is 0 Å². The highest BCUT2D eigenvalue weighted by Crippen LogP contribution is 1.86. The number of nitrogens with one attached hydrogen (secondary N) is 1. The van der Waals surface area contributed by atoms with Gasteiger partial charge in [-0.1, -0.05) is 6.92 Å². The lowest BCUT2D eigenvalue weighted by Gasteiger charge is -2.04. The van der Waals surface area contributed by atoms with Crippen LogP contribution in [0.2, 0.25) is 0 Å². The Balaban J connectivity index is 3.32. The van der Waals surface area contributed by atoms with E-state index in [4.69, 9.17) is 0 Å². The van der Waals surface area contributed by atoms with Crippen LogP contribution in [0.1, 0.15) is 13.8 Å². The van der Waals surface area contributed by atoms with Crippen LogP contribution in [0.3, 0.4) is 0 Å². The summed E-state index contributed by atoms with van der Waals surface area (Å²) in [4.78, 5) is 10.3. The Labute approximate surface area is 55.1 Å². The van der Waals surface area contributed by atoms with E-state index in [1.807, 2.05) is 6.92 Å². The maximum absolute atomic E-state index is 10.3. The van der Waals surface area contributed by atoms with Crippen LogP contribution in [0, 0.1) is 0 Å². The Kier molecular flexibility index (Phi) is 3.91. The van der Waals surface area contributed by atoms with Crippen molar-refractivity contribution in [3.8, 4) is 0 Å². The number of carbonyl (C=O) groups excluding carboxylic acids is 1. The zero-order valence-electron chi connectivity index (χ0n) is 5.14. The summed E-state index contributed by atoms with van der Waals surface area (Å²) in [6.45, 7) is 4.56. The van der Waals surface area contributed by atoms with Gasteiger partial charge < -0.3 is 5.32 Å². The molecule has 1 N–H and O–H groups in total. The van der Waals surface area contributed by atoms with E-state index < -0.39 is 0 Å². The molecule has 1 atom stereocenters. The minimum atomic E-state index is -0.108. The summed E-state index contributed by atoms with van der Waals surface area (Å²) in [6, 6.07) is -0.108. The molecule has 2 nitrogen and oxygen atoms in total. The zero-order chi connectivity index (χ0) is 6.57. The second-order valence-electron chi connectivity index (χ2n) is 1.62. The van der Waals surface area contributed by atoms with Crippen LogP contribution in [-0.2, 0) is 4.79 Å². The third-order valence-corrected chi connectivity index (χ3v) is 1.27. The van der Waals surface area contributed by atoms with Crippen LogP contribution < -0.4 is 5.32 Å². The monoisotopic (exact) mass is 133 g/mol. The number of carbonyl (C=O) groups is 1. The van der Waals surface area contributed by atoms with Gasteiger partial charge in [-0.3, -0.25) is 4.79 Å². The highest BCUT2D eigenvalue weighted by atomic mass is 32.1. The van der Waals surface area contributed by atoms with Crippen molar-refractivity contribution in [3.63, 3.8) is 0 Å². The standard InChI is InChI=1S/C5H11NOS/c1-3-6-4(2)5(7)8/h4,6H,3H2,1-2H3,(H,7,8). The van der Waals surface area contributed by atoms with E-state index in [1.54, 1.807) is 6.92 Å². The van der Waals surface area contributed by atoms with Crippen LogP contribution in [-0.4, -0.2) is 17.7 Å². The van der Waals surface area contributed by atoms with E-state index in [1.165, 1.54) is 0 Å². The zero-order valence-corrected chi connectivity index (χ0v) is 6.03. The Morgan fingerprint density at radius 3 is 2.50 bits per heavy atom. The number of rotatable bonds is 3. The minimum absolute atomic E-state index is 0.105. The molecule has 0 saturated carbocycles. The van der Waals surface area contributed by atoms with Crippen LogP contribution >= 0.6 is 12.6 Å². The predicted molar refractivity (Wildman–Crippen MR) is 37.1 cm³/mol. The molecular weight excluding hydrogens is 122 g/mol. The van der Waals surface area contributed by atoms with Gasteiger partial charge in [0, 0.05) is 0 Å². The van der Waals surface area contributed by atoms with E-state index in [-0.39, 0.29) is 11.2 Å². The summed E-state index contributed by atoms with van der Waals surface area (Å²) in [5.74, 6) is 0. The summed E-state index contributed by atoms with van der Waals surface area (Å²) in [6.07, 6.45) is 0. The van der Waals surface area contributed by atoms with Gasteiger partial charge in [-0.05, 0) is 13.5 Å². The lowest BCUT2D eigenvalue weighted by molar-refractivity contribution is -0.112. The molecule has 0 aliphatic heterocycles. The number of likely N-dealkylation sites (N-methyl/N-ethyl adjacent to an activating group) is 1. The van der Waals surface area contributed by atoms with Crippen molar-refractivity contribution in [2.45, 2.75) is 19.9 Å². The van der Waals surface area contributed by atoms with Gasteiger partial charge in [0.2, 0.25) is 5.12 Å². The summed E-state index contributed by atoms with van der Waals surface area (Å²) in [5, 5.41) is 2.81. The lowest BCUT2D eigenvalue weighted by Crippen LogP contribution is -2.30. The van der Waals surface area contributed by atoms with Crippen molar-refractivity contribution < 1.29 is 4.79 Å². The summed E-state index contributed by atoms with van der Waals surface area (Å²) in [7, 11) is 0. The Morgan fingerprint density at radius 2 is 2.38 bits per heavy atom. The molecule has 0 radical (unpaired) electrons. The van der Waals surface area contributed by atoms with Crippen molar-refractivity contribution in [1.29, 1.82) is 0 Å². The smallest absolute Gasteiger partial charge is 0.202 e. The molecule has 0 rings (SSSR count). The van der Waals surface area contributed by atoms with Crippen LogP contribution in [0.25, 0.3) is 0 Å². The van der Waals surface area contributed by atoms with Crippen LogP contribution in [0.5, 0.6) is 0 Å². The van der Waals surface area contributed by atoms with Gasteiger partial charge in [-0.25, -0.2) is 0 Å². The highest BCUT2D eigenvalue weighted by molar-refractivity contribution is 7.96. The van der Waals surface area contributed by atoms with Crippen molar-refractivity contribution in [1.82, 2.24) is 5.32 Å². The molecule has 0 saturated heterocycles. The molecule has 0 aromatic rings. The Morgan fingerprint density at radius 1 is 1.88 bits per heavy atom. The molecule has 0 amide bonds. The highest BCUT2D eigenvalue weighted by Gasteiger charge is 2.03. The fourth-order valence-corrected chi connectivity index (χ4v) is 0.485. The normalized spacial score (nSPS) is 13.4. The first-order valence-corrected chi connectivity index (χ1v) is 3.09. The van der Waals surface area contributed by atoms with Crippen molar-refractivity contribution >= 4 is 17.7 Å². The first-order valence-electron chi connectivity index (χ1n) is 2.64. The second-order valence-corrected chi connectivity index (χ2v) is 2.06. The molecule has 0 aliphatic carbocycles. The van der Waals surface area contributed by atoms with Gasteiger partial charge in [-0.2, -0.15) is 0 Å². The molecule has 0 spiro atoms. The largest absolute Gasteiger partial charge is 0.307 e. The van der Waals surface area contributed by atoms with Crippen LogP contribution in [0.4, 0.5) is 0 Å². The summed E-state index contributed by atoms with van der Waals surface area (Å²) in [5.41, 5.74) is 0. The van der Waals surface area contributed by atoms with Crippen LogP contribution in [0.15, 0.2) is 0 Å². The maximum atomic E-state index is 10.3. The maximum Gasteiger partial charge on any atom is 0.202 e. The van der Waals surface area contributed by atoms with E-state index in [0.717, 1.165) is 6.54 Å². The lowest BCUT2D eigenvalue weighted by atomic mass is 10.4. The minimum Gasteiger partial charge on any atom is -0.307 e. The number of hydrogen-bond acceptors (Lipinski definition) is 2. The molecule has 0 heterocycles. The summed E-state index contributed by atoms with van der Waals surface area (Å²) < 4.78 is 0. The third kappa shape index (κ3) is 3.04. The molecule has 0 aliphatic rings. The van der Waals surface area contributed by atoms with Gasteiger partial charge in [0.05, 0.1) is 6.04 Å². The summed E-state index contributed by atoms with van der Waals surface area (Å²) >= 11 is 3.63. The van der Waals surface area contributed by atoms with E-state index in [2.05, 4.69) is 17.9 Å². The molecular formula is C5H11NOS. The molecule has 0 aromatic carbocycles. The topological polar surface area (TPSA) is 29.1 Å². The fraction of sp³-hybridized carbons (Fsp3) is 0.800. The number of hydrogen-bond donors (Lipinski definition) is 2. The third-order valence-electron chi connectivity index (χ3n) is 0.881. The average Bonchev–Trinajstić information content (AvgIpc) is 1.67. The number of thiol groups is 1. The second kappa shape index (κ2) is 3.92. The van der Waals surface area contributed by atoms with Crippen molar-refractivity contribution in [2.75, 3.05) is 6.54 Å². The Hall–Kier alpha value is -0.0200. The molecule has 48 valence electrons. The molecule has 0 bridgehead atoms. The first-order chi connectivity index (χ1) is 3.68. The molecule has 0 fully saturated rings. The quantitative estimate of drug-likeness (QED) is 0.547. The van der Waals surface area contributed by atoms with Gasteiger partial charge in [0.15, 0.2) is 0 Å². The molecule has 3 heteroatoms. The van der Waals surface area contributed by atoms with E-state index in [0.29, 0.717) is 0 Å². The van der Waals surface area contributed by atoms with Crippen molar-refractivity contribution in [2.24, 2.45) is 0 Å². The molecule has 8 heavy (non-hydrogen) atoms. The van der Waals surface area contributed by atoms with Gasteiger partial charge >= 0.3 is 0 Å². The van der Waals surface area contributed by atoms with Gasteiger partial charge in [0.1, 0.15) is 0 Å².